The van der Waals surface area contributed by atoms with Crippen LogP contribution in [0.1, 0.15) is 52.8 Å². The molecule has 1 aromatic carbocycles. The second-order valence-corrected chi connectivity index (χ2v) is 4.95. The van der Waals surface area contributed by atoms with Gasteiger partial charge in [-0.1, -0.05) is 37.5 Å². The molecule has 0 atom stereocenters. The maximum atomic E-state index is 12.5. The summed E-state index contributed by atoms with van der Waals surface area (Å²) < 4.78 is 0. The second kappa shape index (κ2) is 6.48. The highest BCUT2D eigenvalue weighted by molar-refractivity contribution is 6.08. The smallest absolute Gasteiger partial charge is 0.253 e. The minimum Gasteiger partial charge on any atom is -0.340 e. The first-order valence-corrected chi connectivity index (χ1v) is 6.85. The number of nitrogens with two attached hydrogens (primary N) is 1. The maximum Gasteiger partial charge on any atom is 0.253 e. The summed E-state index contributed by atoms with van der Waals surface area (Å²) in [4.78, 5) is 24.4. The van der Waals surface area contributed by atoms with E-state index in [9.17, 15) is 9.59 Å². The van der Waals surface area contributed by atoms with Crippen LogP contribution in [0.25, 0.3) is 0 Å². The van der Waals surface area contributed by atoms with Gasteiger partial charge in [-0.15, -0.1) is 0 Å². The van der Waals surface area contributed by atoms with Crippen molar-refractivity contribution in [3.63, 3.8) is 0 Å². The van der Waals surface area contributed by atoms with Gasteiger partial charge in [0.1, 0.15) is 0 Å². The van der Waals surface area contributed by atoms with Gasteiger partial charge in [0.25, 0.3) is 5.91 Å². The van der Waals surface area contributed by atoms with Crippen molar-refractivity contribution in [1.82, 2.24) is 5.32 Å². The molecule has 1 aliphatic carbocycles. The lowest BCUT2D eigenvalue weighted by Crippen LogP contribution is -2.31. The van der Waals surface area contributed by atoms with E-state index in [1.54, 1.807) is 24.3 Å². The van der Waals surface area contributed by atoms with Crippen LogP contribution < -0.4 is 11.1 Å². The first kappa shape index (κ1) is 13.7. The number of Topliss-reactive ketones (excluding diaryl/α,β-unsaturated/α-hetero) is 1. The fourth-order valence-electron chi connectivity index (χ4n) is 2.67. The first-order chi connectivity index (χ1) is 9.24. The monoisotopic (exact) mass is 260 g/mol. The summed E-state index contributed by atoms with van der Waals surface area (Å²) in [6.45, 7) is 0.0742. The van der Waals surface area contributed by atoms with E-state index in [2.05, 4.69) is 5.32 Å². The molecular weight excluding hydrogens is 240 g/mol. The van der Waals surface area contributed by atoms with Crippen molar-refractivity contribution in [3.8, 4) is 0 Å². The lowest BCUT2D eigenvalue weighted by molar-refractivity contribution is 0.0874. The van der Waals surface area contributed by atoms with Gasteiger partial charge in [-0.25, -0.2) is 0 Å². The molecule has 0 unspecified atom stereocenters. The molecule has 0 spiro atoms. The lowest BCUT2D eigenvalue weighted by Gasteiger charge is -2.21. The Morgan fingerprint density at radius 2 is 1.74 bits per heavy atom. The number of hydrogen-bond acceptors (Lipinski definition) is 3. The van der Waals surface area contributed by atoms with E-state index in [4.69, 9.17) is 5.73 Å². The van der Waals surface area contributed by atoms with Crippen LogP contribution in [0, 0.1) is 5.92 Å². The highest BCUT2D eigenvalue weighted by Gasteiger charge is 2.25. The molecule has 1 saturated carbocycles. The van der Waals surface area contributed by atoms with Crippen molar-refractivity contribution in [2.75, 3.05) is 6.67 Å². The zero-order valence-corrected chi connectivity index (χ0v) is 11.0. The predicted octanol–water partition coefficient (Wildman–Crippen LogP) is 2.10. The van der Waals surface area contributed by atoms with Crippen LogP contribution in [-0.4, -0.2) is 18.4 Å². The summed E-state index contributed by atoms with van der Waals surface area (Å²) in [5.41, 5.74) is 6.28. The van der Waals surface area contributed by atoms with Gasteiger partial charge >= 0.3 is 0 Å². The molecule has 0 saturated heterocycles. The Bertz CT molecular complexity index is 465. The molecule has 0 heterocycles. The summed E-state index contributed by atoms with van der Waals surface area (Å²) in [6, 6.07) is 6.99. The van der Waals surface area contributed by atoms with E-state index in [1.807, 2.05) is 0 Å². The van der Waals surface area contributed by atoms with Crippen molar-refractivity contribution >= 4 is 11.7 Å². The molecule has 4 nitrogen and oxygen atoms in total. The number of ketones is 1. The SMILES string of the molecule is NCNC(=O)c1ccccc1C(=O)C1CCCCC1. The summed E-state index contributed by atoms with van der Waals surface area (Å²) >= 11 is 0. The van der Waals surface area contributed by atoms with Crippen molar-refractivity contribution < 1.29 is 9.59 Å². The van der Waals surface area contributed by atoms with E-state index in [0.717, 1.165) is 25.7 Å². The van der Waals surface area contributed by atoms with Crippen molar-refractivity contribution in [1.29, 1.82) is 0 Å². The molecular formula is C15H20N2O2. The zero-order chi connectivity index (χ0) is 13.7. The number of carbonyl (C=O) groups excluding carboxylic acids is 2. The first-order valence-electron chi connectivity index (χ1n) is 6.85. The highest BCUT2D eigenvalue weighted by Crippen LogP contribution is 2.27. The largest absolute Gasteiger partial charge is 0.340 e. The standard InChI is InChI=1S/C15H20N2O2/c16-10-17-15(19)13-9-5-4-8-12(13)14(18)11-6-2-1-3-7-11/h4-5,8-9,11H,1-3,6-7,10,16H2,(H,17,19). The number of nitrogens with one attached hydrogen (secondary N) is 1. The average Bonchev–Trinajstić information content (AvgIpc) is 2.47. The van der Waals surface area contributed by atoms with E-state index in [-0.39, 0.29) is 24.3 Å². The van der Waals surface area contributed by atoms with Gasteiger partial charge in [0.05, 0.1) is 12.2 Å². The third-order valence-electron chi connectivity index (χ3n) is 3.68. The molecule has 2 rings (SSSR count). The van der Waals surface area contributed by atoms with Crippen molar-refractivity contribution in [2.24, 2.45) is 11.7 Å². The highest BCUT2D eigenvalue weighted by atomic mass is 16.2. The van der Waals surface area contributed by atoms with Gasteiger partial charge in [0.15, 0.2) is 5.78 Å². The van der Waals surface area contributed by atoms with Gasteiger partial charge < -0.3 is 11.1 Å². The Morgan fingerprint density at radius 3 is 2.37 bits per heavy atom. The molecule has 3 N–H and O–H groups in total. The Kier molecular flexibility index (Phi) is 4.68. The fourth-order valence-corrected chi connectivity index (χ4v) is 2.67. The van der Waals surface area contributed by atoms with Crippen LogP contribution in [0.2, 0.25) is 0 Å². The van der Waals surface area contributed by atoms with E-state index >= 15 is 0 Å². The summed E-state index contributed by atoms with van der Waals surface area (Å²) in [5.74, 6) is -0.106. The molecule has 0 radical (unpaired) electrons. The van der Waals surface area contributed by atoms with Crippen LogP contribution in [0.5, 0.6) is 0 Å². The number of hydrogen-bond donors (Lipinski definition) is 2. The van der Waals surface area contributed by atoms with Crippen LogP contribution in [0.4, 0.5) is 0 Å². The molecule has 0 aliphatic heterocycles. The van der Waals surface area contributed by atoms with E-state index in [0.29, 0.717) is 11.1 Å². The summed E-state index contributed by atoms with van der Waals surface area (Å²) in [5, 5.41) is 2.55. The molecule has 1 fully saturated rings. The van der Waals surface area contributed by atoms with Crippen LogP contribution in [0.15, 0.2) is 24.3 Å². The molecule has 0 aromatic heterocycles. The maximum absolute atomic E-state index is 12.5. The molecule has 19 heavy (non-hydrogen) atoms. The third-order valence-corrected chi connectivity index (χ3v) is 3.68. The molecule has 4 heteroatoms. The third kappa shape index (κ3) is 3.20. The quantitative estimate of drug-likeness (QED) is 0.643. The minimum absolute atomic E-state index is 0.0700. The topological polar surface area (TPSA) is 72.2 Å². The zero-order valence-electron chi connectivity index (χ0n) is 11.0. The Balaban J connectivity index is 2.23. The summed E-state index contributed by atoms with van der Waals surface area (Å²) in [6.07, 6.45) is 5.29. The van der Waals surface area contributed by atoms with E-state index in [1.165, 1.54) is 6.42 Å². The van der Waals surface area contributed by atoms with Gasteiger partial charge in [-0.3, -0.25) is 9.59 Å². The number of amides is 1. The molecule has 102 valence electrons. The second-order valence-electron chi connectivity index (χ2n) is 4.95. The van der Waals surface area contributed by atoms with Crippen LogP contribution in [0.3, 0.4) is 0 Å². The number of benzene rings is 1. The molecule has 1 aromatic rings. The number of carbonyl (C=O) groups is 2. The Hall–Kier alpha value is -1.68. The predicted molar refractivity (Wildman–Crippen MR) is 73.9 cm³/mol. The molecule has 1 amide bonds. The molecule has 0 bridgehead atoms. The van der Waals surface area contributed by atoms with Gasteiger partial charge in [-0.2, -0.15) is 0 Å². The van der Waals surface area contributed by atoms with Gasteiger partial charge in [0, 0.05) is 11.5 Å². The van der Waals surface area contributed by atoms with Crippen LogP contribution >= 0.6 is 0 Å². The van der Waals surface area contributed by atoms with Gasteiger partial charge in [0.2, 0.25) is 0 Å². The number of rotatable bonds is 4. The van der Waals surface area contributed by atoms with Crippen LogP contribution in [-0.2, 0) is 0 Å². The minimum atomic E-state index is -0.276. The normalized spacial score (nSPS) is 16.1. The lowest BCUT2D eigenvalue weighted by atomic mass is 9.83. The summed E-state index contributed by atoms with van der Waals surface area (Å²) in [7, 11) is 0. The Labute approximate surface area is 113 Å². The van der Waals surface area contributed by atoms with Gasteiger partial charge in [-0.05, 0) is 18.9 Å². The van der Waals surface area contributed by atoms with Crippen molar-refractivity contribution in [2.45, 2.75) is 32.1 Å². The molecule has 1 aliphatic rings. The Morgan fingerprint density at radius 1 is 1.11 bits per heavy atom. The van der Waals surface area contributed by atoms with Crippen molar-refractivity contribution in [3.05, 3.63) is 35.4 Å². The fraction of sp³-hybridized carbons (Fsp3) is 0.467. The van der Waals surface area contributed by atoms with E-state index < -0.39 is 0 Å². The average molecular weight is 260 g/mol.